The van der Waals surface area contributed by atoms with Crippen LogP contribution < -0.4 is 5.32 Å². The molecule has 3 aliphatic heterocycles. The van der Waals surface area contributed by atoms with E-state index < -0.39 is 0 Å². The number of ether oxygens (including phenoxy) is 1. The van der Waals surface area contributed by atoms with Crippen molar-refractivity contribution >= 4 is 11.9 Å². The van der Waals surface area contributed by atoms with Gasteiger partial charge in [0.25, 0.3) is 0 Å². The van der Waals surface area contributed by atoms with Gasteiger partial charge >= 0.3 is 6.09 Å². The van der Waals surface area contributed by atoms with Gasteiger partial charge in [-0.05, 0) is 59.3 Å². The molecule has 3 fully saturated rings. The Kier molecular flexibility index (Phi) is 5.71. The van der Waals surface area contributed by atoms with E-state index in [0.717, 1.165) is 69.0 Å². The smallest absolute Gasteiger partial charge is 0.410 e. The predicted molar refractivity (Wildman–Crippen MR) is 108 cm³/mol. The molecule has 1 aromatic heterocycles. The number of amides is 1. The highest BCUT2D eigenvalue weighted by Crippen LogP contribution is 2.38. The Labute approximate surface area is 167 Å². The standard InChI is InChI=1S/C21H33N5O2/c1-4-28-21(27)26-17-5-6-18(26)13-19(12-17)25-9-7-16(8-10-25)24-20-11-14(2)22-15(3)23-20/h11,16-19H,4-10,12-13H2,1-3H3,(H,22,23,24). The molecule has 0 aliphatic carbocycles. The lowest BCUT2D eigenvalue weighted by Crippen LogP contribution is -2.54. The third-order valence-electron chi connectivity index (χ3n) is 6.55. The first-order valence-corrected chi connectivity index (χ1v) is 10.8. The number of carbonyl (C=O) groups excluding carboxylic acids is 1. The van der Waals surface area contributed by atoms with Crippen molar-refractivity contribution in [2.45, 2.75) is 83.5 Å². The molecular weight excluding hydrogens is 354 g/mol. The van der Waals surface area contributed by atoms with Crippen LogP contribution in [0.3, 0.4) is 0 Å². The molecule has 28 heavy (non-hydrogen) atoms. The topological polar surface area (TPSA) is 70.6 Å². The molecular formula is C21H33N5O2. The summed E-state index contributed by atoms with van der Waals surface area (Å²) in [5.74, 6) is 1.77. The number of nitrogens with one attached hydrogen (secondary N) is 1. The van der Waals surface area contributed by atoms with Gasteiger partial charge in [-0.3, -0.25) is 0 Å². The highest BCUT2D eigenvalue weighted by molar-refractivity contribution is 5.69. The quantitative estimate of drug-likeness (QED) is 0.856. The minimum Gasteiger partial charge on any atom is -0.450 e. The summed E-state index contributed by atoms with van der Waals surface area (Å²) in [5.41, 5.74) is 1.01. The largest absolute Gasteiger partial charge is 0.450 e. The van der Waals surface area contributed by atoms with Crippen LogP contribution >= 0.6 is 0 Å². The summed E-state index contributed by atoms with van der Waals surface area (Å²) in [6.45, 7) is 8.53. The molecule has 3 saturated heterocycles. The molecule has 1 amide bonds. The molecule has 4 rings (SSSR count). The first-order chi connectivity index (χ1) is 13.5. The summed E-state index contributed by atoms with van der Waals surface area (Å²) in [7, 11) is 0. The maximum absolute atomic E-state index is 12.3. The zero-order valence-corrected chi connectivity index (χ0v) is 17.4. The zero-order chi connectivity index (χ0) is 19.7. The second kappa shape index (κ2) is 8.23. The van der Waals surface area contributed by atoms with Gasteiger partial charge in [0.15, 0.2) is 0 Å². The minimum absolute atomic E-state index is 0.105. The van der Waals surface area contributed by atoms with E-state index in [1.54, 1.807) is 0 Å². The van der Waals surface area contributed by atoms with E-state index in [-0.39, 0.29) is 6.09 Å². The van der Waals surface area contributed by atoms with E-state index in [2.05, 4.69) is 20.2 Å². The highest BCUT2D eigenvalue weighted by Gasteiger charge is 2.45. The Hall–Kier alpha value is -1.89. The van der Waals surface area contributed by atoms with Gasteiger partial charge in [-0.1, -0.05) is 0 Å². The number of hydrogen-bond acceptors (Lipinski definition) is 6. The average Bonchev–Trinajstić information content (AvgIpc) is 2.92. The van der Waals surface area contributed by atoms with Gasteiger partial charge in [0.05, 0.1) is 6.61 Å². The lowest BCUT2D eigenvalue weighted by atomic mass is 9.93. The maximum Gasteiger partial charge on any atom is 0.410 e. The van der Waals surface area contributed by atoms with E-state index in [0.29, 0.717) is 30.8 Å². The van der Waals surface area contributed by atoms with Crippen molar-refractivity contribution in [2.24, 2.45) is 0 Å². The van der Waals surface area contributed by atoms with Gasteiger partial charge in [0.2, 0.25) is 0 Å². The van der Waals surface area contributed by atoms with Crippen LogP contribution in [0.2, 0.25) is 0 Å². The van der Waals surface area contributed by atoms with Gasteiger partial charge in [-0.2, -0.15) is 0 Å². The third-order valence-corrected chi connectivity index (χ3v) is 6.55. The maximum atomic E-state index is 12.3. The van der Waals surface area contributed by atoms with E-state index in [4.69, 9.17) is 4.74 Å². The van der Waals surface area contributed by atoms with Crippen molar-refractivity contribution in [3.8, 4) is 0 Å². The van der Waals surface area contributed by atoms with Crippen LogP contribution in [-0.4, -0.2) is 69.7 Å². The van der Waals surface area contributed by atoms with Crippen LogP contribution in [0.4, 0.5) is 10.6 Å². The van der Waals surface area contributed by atoms with Crippen molar-refractivity contribution in [3.05, 3.63) is 17.6 Å². The predicted octanol–water partition coefficient (Wildman–Crippen LogP) is 3.12. The molecule has 7 heteroatoms. The lowest BCUT2D eigenvalue weighted by Gasteiger charge is -2.45. The van der Waals surface area contributed by atoms with E-state index >= 15 is 0 Å². The number of likely N-dealkylation sites (tertiary alicyclic amines) is 1. The number of fused-ring (bicyclic) bond motifs is 2. The first kappa shape index (κ1) is 19.4. The Bertz CT molecular complexity index is 670. The molecule has 2 unspecified atom stereocenters. The van der Waals surface area contributed by atoms with Crippen molar-refractivity contribution in [1.82, 2.24) is 19.8 Å². The summed E-state index contributed by atoms with van der Waals surface area (Å²) in [5, 5.41) is 3.60. The van der Waals surface area contributed by atoms with E-state index in [9.17, 15) is 4.79 Å². The fraction of sp³-hybridized carbons (Fsp3) is 0.762. The second-order valence-corrected chi connectivity index (χ2v) is 8.51. The van der Waals surface area contributed by atoms with Crippen molar-refractivity contribution in [1.29, 1.82) is 0 Å². The SMILES string of the molecule is CCOC(=O)N1C2CCC1CC(N1CCC(Nc3cc(C)nc(C)n3)CC1)C2. The van der Waals surface area contributed by atoms with Crippen LogP contribution in [0, 0.1) is 13.8 Å². The Morgan fingerprint density at radius 3 is 2.39 bits per heavy atom. The Morgan fingerprint density at radius 2 is 1.79 bits per heavy atom. The fourth-order valence-electron chi connectivity index (χ4n) is 5.35. The number of aryl methyl sites for hydroxylation is 2. The second-order valence-electron chi connectivity index (χ2n) is 8.51. The summed E-state index contributed by atoms with van der Waals surface area (Å²) in [6.07, 6.45) is 6.61. The van der Waals surface area contributed by atoms with Gasteiger partial charge in [0.1, 0.15) is 11.6 Å². The third kappa shape index (κ3) is 4.09. The lowest BCUT2D eigenvalue weighted by molar-refractivity contribution is 0.0350. The summed E-state index contributed by atoms with van der Waals surface area (Å²) < 4.78 is 5.29. The van der Waals surface area contributed by atoms with Crippen LogP contribution in [0.25, 0.3) is 0 Å². The molecule has 3 aliphatic rings. The molecule has 1 N–H and O–H groups in total. The average molecular weight is 388 g/mol. The van der Waals surface area contributed by atoms with Crippen LogP contribution in [0.15, 0.2) is 6.07 Å². The van der Waals surface area contributed by atoms with Crippen LogP contribution in [0.5, 0.6) is 0 Å². The van der Waals surface area contributed by atoms with Crippen molar-refractivity contribution in [2.75, 3.05) is 25.0 Å². The van der Waals surface area contributed by atoms with Gasteiger partial charge in [-0.15, -0.1) is 0 Å². The van der Waals surface area contributed by atoms with Crippen molar-refractivity contribution in [3.63, 3.8) is 0 Å². The number of aromatic nitrogens is 2. The molecule has 0 aromatic carbocycles. The Balaban J connectivity index is 1.29. The van der Waals surface area contributed by atoms with Crippen LogP contribution in [0.1, 0.15) is 57.0 Å². The Morgan fingerprint density at radius 1 is 1.11 bits per heavy atom. The number of rotatable bonds is 4. The molecule has 0 saturated carbocycles. The molecule has 2 atom stereocenters. The fourth-order valence-corrected chi connectivity index (χ4v) is 5.35. The summed E-state index contributed by atoms with van der Waals surface area (Å²) in [6, 6.07) is 3.84. The summed E-state index contributed by atoms with van der Waals surface area (Å²) >= 11 is 0. The van der Waals surface area contributed by atoms with E-state index in [1.165, 1.54) is 0 Å². The highest BCUT2D eigenvalue weighted by atomic mass is 16.6. The number of piperidine rings is 2. The number of carbonyl (C=O) groups is 1. The summed E-state index contributed by atoms with van der Waals surface area (Å²) in [4.78, 5) is 25.8. The molecule has 7 nitrogen and oxygen atoms in total. The van der Waals surface area contributed by atoms with Crippen LogP contribution in [-0.2, 0) is 4.74 Å². The van der Waals surface area contributed by atoms with Gasteiger partial charge in [-0.25, -0.2) is 14.8 Å². The zero-order valence-electron chi connectivity index (χ0n) is 17.4. The minimum atomic E-state index is -0.105. The van der Waals surface area contributed by atoms with Gasteiger partial charge < -0.3 is 19.9 Å². The molecule has 0 spiro atoms. The van der Waals surface area contributed by atoms with E-state index in [1.807, 2.05) is 31.7 Å². The van der Waals surface area contributed by atoms with Crippen molar-refractivity contribution < 1.29 is 9.53 Å². The molecule has 2 bridgehead atoms. The number of hydrogen-bond donors (Lipinski definition) is 1. The molecule has 154 valence electrons. The molecule has 1 aromatic rings. The number of nitrogens with zero attached hydrogens (tertiary/aromatic N) is 4. The number of anilines is 1. The first-order valence-electron chi connectivity index (χ1n) is 10.8. The normalized spacial score (nSPS) is 28.4. The molecule has 4 heterocycles. The monoisotopic (exact) mass is 387 g/mol. The molecule has 0 radical (unpaired) electrons. The van der Waals surface area contributed by atoms with Gasteiger partial charge in [0, 0.05) is 49.0 Å².